The Hall–Kier alpha value is -4.96. The third kappa shape index (κ3) is 5.42. The van der Waals surface area contributed by atoms with Crippen molar-refractivity contribution in [2.75, 3.05) is 39.1 Å². The number of halogens is 1. The number of benzene rings is 3. The Morgan fingerprint density at radius 3 is 2.46 bits per heavy atom. The summed E-state index contributed by atoms with van der Waals surface area (Å²) in [5, 5.41) is 5.53. The molecule has 3 heterocycles. The molecule has 5 aromatic rings. The van der Waals surface area contributed by atoms with Crippen molar-refractivity contribution in [3.05, 3.63) is 95.9 Å². The molecule has 10 heteroatoms. The van der Waals surface area contributed by atoms with Crippen LogP contribution in [0.25, 0.3) is 22.3 Å². The van der Waals surface area contributed by atoms with Gasteiger partial charge in [0, 0.05) is 42.2 Å². The van der Waals surface area contributed by atoms with Crippen LogP contribution in [0.5, 0.6) is 17.2 Å². The number of fused-ring (bicyclic) bond motifs is 1. The number of hydrogen-bond donors (Lipinski definition) is 1. The lowest BCUT2D eigenvalue weighted by atomic mass is 10.1. The van der Waals surface area contributed by atoms with Crippen LogP contribution in [-0.4, -0.2) is 59.0 Å². The van der Waals surface area contributed by atoms with Crippen LogP contribution in [-0.2, 0) is 11.3 Å². The van der Waals surface area contributed by atoms with Crippen LogP contribution in [0.3, 0.4) is 0 Å². The van der Waals surface area contributed by atoms with E-state index in [-0.39, 0.29) is 11.7 Å². The highest BCUT2D eigenvalue weighted by atomic mass is 19.1. The third-order valence-corrected chi connectivity index (χ3v) is 6.97. The van der Waals surface area contributed by atoms with Gasteiger partial charge in [0.1, 0.15) is 17.2 Å². The van der Waals surface area contributed by atoms with Crippen LogP contribution < -0.4 is 15.2 Å². The fraction of sp³-hybridized carbons (Fsp3) is 0.194. The number of rotatable bonds is 7. The molecule has 0 spiro atoms. The van der Waals surface area contributed by atoms with Crippen molar-refractivity contribution in [3.8, 4) is 28.5 Å². The lowest BCUT2D eigenvalue weighted by molar-refractivity contribution is 0.0303. The van der Waals surface area contributed by atoms with E-state index in [0.717, 1.165) is 16.9 Å². The Kier molecular flexibility index (Phi) is 7.22. The van der Waals surface area contributed by atoms with Gasteiger partial charge < -0.3 is 24.8 Å². The quantitative estimate of drug-likeness (QED) is 0.278. The average molecular weight is 554 g/mol. The van der Waals surface area contributed by atoms with Crippen LogP contribution >= 0.6 is 0 Å². The van der Waals surface area contributed by atoms with Gasteiger partial charge in [-0.1, -0.05) is 24.3 Å². The van der Waals surface area contributed by atoms with Gasteiger partial charge in [-0.2, -0.15) is 5.10 Å². The number of carbonyl (C=O) groups is 1. The second-order valence-electron chi connectivity index (χ2n) is 9.64. The maximum absolute atomic E-state index is 14.7. The summed E-state index contributed by atoms with van der Waals surface area (Å²) in [4.78, 5) is 19.4. The van der Waals surface area contributed by atoms with Crippen LogP contribution in [0.15, 0.2) is 79.0 Å². The summed E-state index contributed by atoms with van der Waals surface area (Å²) in [6.45, 7) is 2.63. The predicted octanol–water partition coefficient (Wildman–Crippen LogP) is 5.14. The van der Waals surface area contributed by atoms with Crippen molar-refractivity contribution in [3.63, 3.8) is 0 Å². The van der Waals surface area contributed by atoms with Crippen LogP contribution in [0.2, 0.25) is 0 Å². The Morgan fingerprint density at radius 2 is 1.76 bits per heavy atom. The molecule has 0 atom stereocenters. The van der Waals surface area contributed by atoms with E-state index in [9.17, 15) is 9.18 Å². The van der Waals surface area contributed by atoms with Crippen LogP contribution in [0.1, 0.15) is 15.9 Å². The molecule has 1 fully saturated rings. The molecule has 0 radical (unpaired) electrons. The SMILES string of the molecule is COc1ccc(Cn2nc(-c3ccc(C(=O)N4CCOCC4)cc3)c3c(Oc4ccc(N)cc4F)ccnc32)cc1. The molecule has 208 valence electrons. The smallest absolute Gasteiger partial charge is 0.254 e. The molecule has 1 amide bonds. The van der Waals surface area contributed by atoms with E-state index >= 15 is 0 Å². The second-order valence-corrected chi connectivity index (χ2v) is 9.64. The van der Waals surface area contributed by atoms with Gasteiger partial charge in [-0.15, -0.1) is 0 Å². The summed E-state index contributed by atoms with van der Waals surface area (Å²) in [6, 6.07) is 20.9. The Balaban J connectivity index is 1.41. The van der Waals surface area contributed by atoms with Crippen molar-refractivity contribution in [2.24, 2.45) is 0 Å². The summed E-state index contributed by atoms with van der Waals surface area (Å²) in [5.41, 5.74) is 9.52. The lowest BCUT2D eigenvalue weighted by Gasteiger charge is -2.26. The van der Waals surface area contributed by atoms with Crippen molar-refractivity contribution < 1.29 is 23.4 Å². The van der Waals surface area contributed by atoms with Gasteiger partial charge >= 0.3 is 0 Å². The van der Waals surface area contributed by atoms with Gasteiger partial charge in [-0.3, -0.25) is 4.79 Å². The normalized spacial score (nSPS) is 13.4. The number of aromatic nitrogens is 3. The van der Waals surface area contributed by atoms with Gasteiger partial charge in [0.05, 0.1) is 32.3 Å². The number of pyridine rings is 1. The summed E-state index contributed by atoms with van der Waals surface area (Å²) >= 11 is 0. The molecule has 6 rings (SSSR count). The fourth-order valence-corrected chi connectivity index (χ4v) is 4.81. The summed E-state index contributed by atoms with van der Waals surface area (Å²) < 4.78 is 33.2. The molecule has 2 aromatic heterocycles. The monoisotopic (exact) mass is 553 g/mol. The van der Waals surface area contributed by atoms with Gasteiger partial charge in [0.2, 0.25) is 0 Å². The number of nitrogens with zero attached hydrogens (tertiary/aromatic N) is 4. The third-order valence-electron chi connectivity index (χ3n) is 6.97. The summed E-state index contributed by atoms with van der Waals surface area (Å²) in [7, 11) is 1.62. The van der Waals surface area contributed by atoms with Crippen molar-refractivity contribution in [1.82, 2.24) is 19.7 Å². The molecule has 9 nitrogen and oxygen atoms in total. The van der Waals surface area contributed by atoms with Gasteiger partial charge in [-0.25, -0.2) is 14.1 Å². The number of ether oxygens (including phenoxy) is 3. The molecular formula is C31H28FN5O4. The molecule has 41 heavy (non-hydrogen) atoms. The molecule has 3 aromatic carbocycles. The van der Waals surface area contributed by atoms with Gasteiger partial charge in [-0.05, 0) is 48.0 Å². The zero-order valence-corrected chi connectivity index (χ0v) is 22.4. The molecule has 0 saturated carbocycles. The molecule has 0 bridgehead atoms. The van der Waals surface area contributed by atoms with Gasteiger partial charge in [0.25, 0.3) is 5.91 Å². The molecule has 0 unspecified atom stereocenters. The highest BCUT2D eigenvalue weighted by molar-refractivity contribution is 5.98. The predicted molar refractivity (Wildman–Crippen MR) is 153 cm³/mol. The highest BCUT2D eigenvalue weighted by Crippen LogP contribution is 2.37. The van der Waals surface area contributed by atoms with Crippen LogP contribution in [0.4, 0.5) is 10.1 Å². The number of amides is 1. The molecule has 1 saturated heterocycles. The topological polar surface area (TPSA) is 105 Å². The summed E-state index contributed by atoms with van der Waals surface area (Å²) in [5.74, 6) is 0.563. The Bertz CT molecular complexity index is 1700. The van der Waals surface area contributed by atoms with E-state index in [1.165, 1.54) is 12.1 Å². The first-order chi connectivity index (χ1) is 20.0. The first-order valence-corrected chi connectivity index (χ1v) is 13.2. The number of methoxy groups -OCH3 is 1. The minimum absolute atomic E-state index is 0.0343. The highest BCUT2D eigenvalue weighted by Gasteiger charge is 2.22. The minimum Gasteiger partial charge on any atom is -0.497 e. The van der Waals surface area contributed by atoms with Crippen molar-refractivity contribution in [1.29, 1.82) is 0 Å². The second kappa shape index (κ2) is 11.3. The Labute approximate surface area is 235 Å². The number of anilines is 1. The number of carbonyl (C=O) groups excluding carboxylic acids is 1. The molecule has 0 aliphatic carbocycles. The van der Waals surface area contributed by atoms with E-state index in [4.69, 9.17) is 25.0 Å². The van der Waals surface area contributed by atoms with E-state index in [0.29, 0.717) is 66.6 Å². The standard InChI is InChI=1S/C31H28FN5O4/c1-39-24-9-2-20(3-10-24)19-37-30-28(27(12-13-34-30)41-26-11-8-23(33)18-25(26)32)29(35-37)21-4-6-22(7-5-21)31(38)36-14-16-40-17-15-36/h2-13,18H,14-17,19,33H2,1H3. The molecular weight excluding hydrogens is 525 g/mol. The molecule has 2 N–H and O–H groups in total. The zero-order valence-electron chi connectivity index (χ0n) is 22.4. The van der Waals surface area contributed by atoms with E-state index in [1.54, 1.807) is 47.2 Å². The number of hydrogen-bond acceptors (Lipinski definition) is 7. The minimum atomic E-state index is -0.576. The zero-order chi connectivity index (χ0) is 28.3. The Morgan fingerprint density at radius 1 is 1.00 bits per heavy atom. The number of nitrogen functional groups attached to an aromatic ring is 1. The first kappa shape index (κ1) is 26.3. The lowest BCUT2D eigenvalue weighted by Crippen LogP contribution is -2.40. The average Bonchev–Trinajstić information content (AvgIpc) is 3.38. The first-order valence-electron chi connectivity index (χ1n) is 13.2. The largest absolute Gasteiger partial charge is 0.497 e. The van der Waals surface area contributed by atoms with E-state index in [1.807, 2.05) is 36.4 Å². The van der Waals surface area contributed by atoms with Crippen molar-refractivity contribution in [2.45, 2.75) is 6.54 Å². The van der Waals surface area contributed by atoms with Gasteiger partial charge in [0.15, 0.2) is 17.2 Å². The molecule has 1 aliphatic heterocycles. The fourth-order valence-electron chi connectivity index (χ4n) is 4.81. The summed E-state index contributed by atoms with van der Waals surface area (Å²) in [6.07, 6.45) is 1.60. The number of morpholine rings is 1. The maximum Gasteiger partial charge on any atom is 0.254 e. The molecule has 1 aliphatic rings. The maximum atomic E-state index is 14.7. The van der Waals surface area contributed by atoms with E-state index in [2.05, 4.69) is 4.98 Å². The number of nitrogens with two attached hydrogens (primary N) is 1. The van der Waals surface area contributed by atoms with Crippen LogP contribution in [0, 0.1) is 5.82 Å². The van der Waals surface area contributed by atoms with Crippen molar-refractivity contribution >= 4 is 22.6 Å². The van der Waals surface area contributed by atoms with E-state index < -0.39 is 5.82 Å².